The largest absolute Gasteiger partial charge is 0.326 e. The maximum atomic E-state index is 13.0. The van der Waals surface area contributed by atoms with Crippen molar-refractivity contribution in [1.82, 2.24) is 0 Å². The highest BCUT2D eigenvalue weighted by molar-refractivity contribution is 6.31. The number of nitrogens with one attached hydrogen (secondary N) is 1. The van der Waals surface area contributed by atoms with E-state index in [2.05, 4.69) is 5.32 Å². The second kappa shape index (κ2) is 9.17. The van der Waals surface area contributed by atoms with Crippen LogP contribution in [0, 0.1) is 0 Å². The van der Waals surface area contributed by atoms with Gasteiger partial charge in [-0.1, -0.05) is 48.0 Å². The molecule has 0 fully saturated rings. The summed E-state index contributed by atoms with van der Waals surface area (Å²) >= 11 is 6.06. The average molecular weight is 394 g/mol. The molecule has 0 saturated heterocycles. The Hall–Kier alpha value is -3.15. The van der Waals surface area contributed by atoms with E-state index in [4.69, 9.17) is 17.3 Å². The van der Waals surface area contributed by atoms with Gasteiger partial charge in [0.15, 0.2) is 0 Å². The van der Waals surface area contributed by atoms with Crippen molar-refractivity contribution in [3.63, 3.8) is 0 Å². The minimum Gasteiger partial charge on any atom is -0.326 e. The normalized spacial score (nSPS) is 10.4. The molecule has 3 rings (SSSR count). The molecule has 0 spiro atoms. The predicted octanol–water partition coefficient (Wildman–Crippen LogP) is 4.08. The van der Waals surface area contributed by atoms with Crippen LogP contribution >= 0.6 is 11.6 Å². The number of amides is 2. The highest BCUT2D eigenvalue weighted by Gasteiger charge is 2.20. The van der Waals surface area contributed by atoms with Gasteiger partial charge in [0.2, 0.25) is 5.91 Å². The van der Waals surface area contributed by atoms with Gasteiger partial charge in [-0.3, -0.25) is 14.5 Å². The molecule has 28 heavy (non-hydrogen) atoms. The Morgan fingerprint density at radius 3 is 2.21 bits per heavy atom. The SMILES string of the molecule is NCc1cc(NC(=O)CN(C(=O)c2ccccc2)c2ccccc2)ccc1Cl. The smallest absolute Gasteiger partial charge is 0.258 e. The van der Waals surface area contributed by atoms with Crippen LogP contribution in [0.5, 0.6) is 0 Å². The monoisotopic (exact) mass is 393 g/mol. The Kier molecular flexibility index (Phi) is 6.42. The van der Waals surface area contributed by atoms with Crippen LogP contribution in [-0.2, 0) is 11.3 Å². The van der Waals surface area contributed by atoms with Crippen molar-refractivity contribution < 1.29 is 9.59 Å². The summed E-state index contributed by atoms with van der Waals surface area (Å²) in [5, 5.41) is 3.35. The molecule has 0 bridgehead atoms. The van der Waals surface area contributed by atoms with E-state index in [1.807, 2.05) is 24.3 Å². The van der Waals surface area contributed by atoms with E-state index in [1.54, 1.807) is 54.6 Å². The Labute approximate surface area is 168 Å². The predicted molar refractivity (Wildman–Crippen MR) is 113 cm³/mol. The topological polar surface area (TPSA) is 75.4 Å². The van der Waals surface area contributed by atoms with Gasteiger partial charge in [-0.15, -0.1) is 0 Å². The van der Waals surface area contributed by atoms with Crippen LogP contribution in [0.1, 0.15) is 15.9 Å². The van der Waals surface area contributed by atoms with E-state index in [0.717, 1.165) is 5.56 Å². The summed E-state index contributed by atoms with van der Waals surface area (Å²) in [5.41, 5.74) is 8.13. The van der Waals surface area contributed by atoms with Crippen LogP contribution in [-0.4, -0.2) is 18.4 Å². The molecule has 0 aromatic heterocycles. The van der Waals surface area contributed by atoms with Gasteiger partial charge in [-0.05, 0) is 48.0 Å². The molecule has 2 amide bonds. The van der Waals surface area contributed by atoms with E-state index >= 15 is 0 Å². The lowest BCUT2D eigenvalue weighted by molar-refractivity contribution is -0.114. The summed E-state index contributed by atoms with van der Waals surface area (Å²) in [4.78, 5) is 27.1. The van der Waals surface area contributed by atoms with Crippen molar-refractivity contribution >= 4 is 34.8 Å². The number of rotatable bonds is 6. The van der Waals surface area contributed by atoms with Crippen molar-refractivity contribution in [3.8, 4) is 0 Å². The molecule has 0 radical (unpaired) electrons. The standard InChI is InChI=1S/C22H20ClN3O2/c23-20-12-11-18(13-17(20)14-24)25-21(27)15-26(19-9-5-2-6-10-19)22(28)16-7-3-1-4-8-16/h1-13H,14-15,24H2,(H,25,27). The van der Waals surface area contributed by atoms with Crippen LogP contribution in [0.3, 0.4) is 0 Å². The number of hydrogen-bond acceptors (Lipinski definition) is 3. The number of para-hydroxylation sites is 1. The van der Waals surface area contributed by atoms with Crippen molar-refractivity contribution in [1.29, 1.82) is 0 Å². The third kappa shape index (κ3) is 4.76. The van der Waals surface area contributed by atoms with Crippen LogP contribution in [0.25, 0.3) is 0 Å². The van der Waals surface area contributed by atoms with Gasteiger partial charge >= 0.3 is 0 Å². The van der Waals surface area contributed by atoms with Crippen LogP contribution in [0.2, 0.25) is 5.02 Å². The lowest BCUT2D eigenvalue weighted by atomic mass is 10.1. The van der Waals surface area contributed by atoms with E-state index in [9.17, 15) is 9.59 Å². The average Bonchev–Trinajstić information content (AvgIpc) is 2.74. The van der Waals surface area contributed by atoms with Crippen LogP contribution in [0.15, 0.2) is 78.9 Å². The first-order chi connectivity index (χ1) is 13.6. The van der Waals surface area contributed by atoms with Gasteiger partial charge in [-0.25, -0.2) is 0 Å². The zero-order chi connectivity index (χ0) is 19.9. The van der Waals surface area contributed by atoms with Gasteiger partial charge in [0.05, 0.1) is 0 Å². The van der Waals surface area contributed by atoms with Crippen molar-refractivity contribution in [2.45, 2.75) is 6.54 Å². The van der Waals surface area contributed by atoms with Crippen LogP contribution < -0.4 is 16.0 Å². The van der Waals surface area contributed by atoms with Gasteiger partial charge in [0, 0.05) is 28.5 Å². The Balaban J connectivity index is 1.81. The molecule has 142 valence electrons. The first-order valence-electron chi connectivity index (χ1n) is 8.79. The molecule has 3 aromatic carbocycles. The van der Waals surface area contributed by atoms with Crippen molar-refractivity contribution in [2.75, 3.05) is 16.8 Å². The molecule has 3 N–H and O–H groups in total. The molecule has 6 heteroatoms. The summed E-state index contributed by atoms with van der Waals surface area (Å²) in [6, 6.07) is 23.1. The lowest BCUT2D eigenvalue weighted by Crippen LogP contribution is -2.38. The fraction of sp³-hybridized carbons (Fsp3) is 0.0909. The molecule has 0 heterocycles. The second-order valence-electron chi connectivity index (χ2n) is 6.15. The summed E-state index contributed by atoms with van der Waals surface area (Å²) in [7, 11) is 0. The van der Waals surface area contributed by atoms with E-state index < -0.39 is 0 Å². The molecule has 0 atom stereocenters. The number of benzene rings is 3. The van der Waals surface area contributed by atoms with Gasteiger partial charge in [-0.2, -0.15) is 0 Å². The number of anilines is 2. The lowest BCUT2D eigenvalue weighted by Gasteiger charge is -2.22. The molecular formula is C22H20ClN3O2. The minimum absolute atomic E-state index is 0.127. The fourth-order valence-corrected chi connectivity index (χ4v) is 2.97. The van der Waals surface area contributed by atoms with Crippen molar-refractivity contribution in [3.05, 3.63) is 95.0 Å². The zero-order valence-electron chi connectivity index (χ0n) is 15.1. The van der Waals surface area contributed by atoms with Gasteiger partial charge < -0.3 is 11.1 Å². The molecule has 0 unspecified atom stereocenters. The van der Waals surface area contributed by atoms with E-state index in [0.29, 0.717) is 22.0 Å². The minimum atomic E-state index is -0.321. The van der Waals surface area contributed by atoms with Gasteiger partial charge in [0.25, 0.3) is 5.91 Å². The van der Waals surface area contributed by atoms with Crippen molar-refractivity contribution in [2.24, 2.45) is 5.73 Å². The second-order valence-corrected chi connectivity index (χ2v) is 6.56. The molecule has 0 aliphatic heterocycles. The zero-order valence-corrected chi connectivity index (χ0v) is 15.9. The maximum Gasteiger partial charge on any atom is 0.258 e. The molecule has 5 nitrogen and oxygen atoms in total. The van der Waals surface area contributed by atoms with E-state index in [-0.39, 0.29) is 24.9 Å². The summed E-state index contributed by atoms with van der Waals surface area (Å²) < 4.78 is 0. The number of nitrogens with two attached hydrogens (primary N) is 1. The molecule has 0 aliphatic rings. The number of carbonyl (C=O) groups is 2. The quantitative estimate of drug-likeness (QED) is 0.662. The number of halogens is 1. The highest BCUT2D eigenvalue weighted by atomic mass is 35.5. The number of hydrogen-bond donors (Lipinski definition) is 2. The van der Waals surface area contributed by atoms with Crippen LogP contribution in [0.4, 0.5) is 11.4 Å². The summed E-state index contributed by atoms with van der Waals surface area (Å²) in [6.45, 7) is 0.142. The Morgan fingerprint density at radius 2 is 1.57 bits per heavy atom. The molecule has 0 saturated carbocycles. The fourth-order valence-electron chi connectivity index (χ4n) is 2.78. The first kappa shape index (κ1) is 19.6. The molecular weight excluding hydrogens is 374 g/mol. The van der Waals surface area contributed by atoms with E-state index in [1.165, 1.54) is 4.90 Å². The Morgan fingerprint density at radius 1 is 0.929 bits per heavy atom. The Bertz CT molecular complexity index is 962. The van der Waals surface area contributed by atoms with Gasteiger partial charge in [0.1, 0.15) is 6.54 Å². The highest BCUT2D eigenvalue weighted by Crippen LogP contribution is 2.21. The third-order valence-electron chi connectivity index (χ3n) is 4.18. The maximum absolute atomic E-state index is 13.0. The molecule has 3 aromatic rings. The number of carbonyl (C=O) groups excluding carboxylic acids is 2. The summed E-state index contributed by atoms with van der Waals surface area (Å²) in [5.74, 6) is -0.570. The first-order valence-corrected chi connectivity index (χ1v) is 9.16. The third-order valence-corrected chi connectivity index (χ3v) is 4.55. The molecule has 0 aliphatic carbocycles. The number of nitrogens with zero attached hydrogens (tertiary/aromatic N) is 1. The summed E-state index contributed by atoms with van der Waals surface area (Å²) in [6.07, 6.45) is 0.